The highest BCUT2D eigenvalue weighted by Crippen LogP contribution is 2.21. The molecule has 1 aromatic heterocycles. The first-order chi connectivity index (χ1) is 6.83. The van der Waals surface area contributed by atoms with Crippen molar-refractivity contribution >= 4 is 17.9 Å². The van der Waals surface area contributed by atoms with Gasteiger partial charge in [-0.2, -0.15) is 10.2 Å². The van der Waals surface area contributed by atoms with E-state index < -0.39 is 0 Å². The van der Waals surface area contributed by atoms with E-state index in [0.717, 1.165) is 6.29 Å². The second-order valence-corrected chi connectivity index (χ2v) is 3.02. The van der Waals surface area contributed by atoms with Crippen molar-refractivity contribution in [3.63, 3.8) is 0 Å². The number of hydrogen-bond donors (Lipinski definition) is 0. The number of benzene rings is 1. The maximum Gasteiger partial charge on any atom is 0.152 e. The second-order valence-electron chi connectivity index (χ2n) is 2.61. The lowest BCUT2D eigenvalue weighted by Gasteiger charge is -2.04. The van der Waals surface area contributed by atoms with Gasteiger partial charge in [-0.25, -0.2) is 0 Å². The SMILES string of the molecule is O=Cc1cccc(Cl)c1-n1nccn1. The molecule has 2 aromatic rings. The third-order valence-electron chi connectivity index (χ3n) is 1.76. The average Bonchev–Trinajstić information content (AvgIpc) is 2.70. The third kappa shape index (κ3) is 1.40. The van der Waals surface area contributed by atoms with Gasteiger partial charge in [0.15, 0.2) is 6.29 Å². The van der Waals surface area contributed by atoms with E-state index in [0.29, 0.717) is 16.3 Å². The molecule has 0 radical (unpaired) electrons. The minimum atomic E-state index is 0.450. The number of para-hydroxylation sites is 1. The molecule has 1 aromatic carbocycles. The van der Waals surface area contributed by atoms with E-state index >= 15 is 0 Å². The van der Waals surface area contributed by atoms with Crippen molar-refractivity contribution < 1.29 is 4.79 Å². The van der Waals surface area contributed by atoms with Gasteiger partial charge in [-0.1, -0.05) is 17.7 Å². The highest BCUT2D eigenvalue weighted by atomic mass is 35.5. The lowest BCUT2D eigenvalue weighted by molar-refractivity contribution is 0.112. The molecule has 2 rings (SSSR count). The predicted molar refractivity (Wildman–Crippen MR) is 51.8 cm³/mol. The van der Waals surface area contributed by atoms with Gasteiger partial charge < -0.3 is 0 Å². The summed E-state index contributed by atoms with van der Waals surface area (Å²) in [5.41, 5.74) is 0.975. The van der Waals surface area contributed by atoms with Crippen molar-refractivity contribution in [1.29, 1.82) is 0 Å². The Hall–Kier alpha value is -1.68. The molecular weight excluding hydrogens is 202 g/mol. The van der Waals surface area contributed by atoms with Gasteiger partial charge in [-0.15, -0.1) is 4.80 Å². The quantitative estimate of drug-likeness (QED) is 0.705. The Morgan fingerprint density at radius 2 is 2.00 bits per heavy atom. The van der Waals surface area contributed by atoms with Crippen molar-refractivity contribution in [3.05, 3.63) is 41.2 Å². The molecule has 0 atom stereocenters. The van der Waals surface area contributed by atoms with Gasteiger partial charge in [-0.05, 0) is 12.1 Å². The standard InChI is InChI=1S/C9H6ClN3O/c10-8-3-1-2-7(6-14)9(8)13-11-4-5-12-13/h1-6H. The first-order valence-electron chi connectivity index (χ1n) is 3.93. The fourth-order valence-electron chi connectivity index (χ4n) is 1.17. The summed E-state index contributed by atoms with van der Waals surface area (Å²) in [5, 5.41) is 8.29. The fraction of sp³-hybridized carbons (Fsp3) is 0. The van der Waals surface area contributed by atoms with Gasteiger partial charge >= 0.3 is 0 Å². The number of aldehydes is 1. The molecule has 0 amide bonds. The van der Waals surface area contributed by atoms with Crippen LogP contribution in [-0.4, -0.2) is 21.3 Å². The highest BCUT2D eigenvalue weighted by Gasteiger charge is 2.09. The van der Waals surface area contributed by atoms with E-state index in [4.69, 9.17) is 11.6 Å². The summed E-state index contributed by atoms with van der Waals surface area (Å²) in [6, 6.07) is 5.06. The Morgan fingerprint density at radius 1 is 1.29 bits per heavy atom. The van der Waals surface area contributed by atoms with E-state index in [1.54, 1.807) is 18.2 Å². The van der Waals surface area contributed by atoms with Crippen LogP contribution < -0.4 is 0 Å². The molecule has 0 saturated heterocycles. The van der Waals surface area contributed by atoms with Gasteiger partial charge in [0.1, 0.15) is 5.69 Å². The zero-order valence-electron chi connectivity index (χ0n) is 7.09. The van der Waals surface area contributed by atoms with E-state index in [1.807, 2.05) is 0 Å². The number of aromatic nitrogens is 3. The van der Waals surface area contributed by atoms with Gasteiger partial charge in [0.25, 0.3) is 0 Å². The summed E-state index contributed by atoms with van der Waals surface area (Å²) in [7, 11) is 0. The number of carbonyl (C=O) groups excluding carboxylic acids is 1. The Kier molecular flexibility index (Phi) is 2.28. The number of rotatable bonds is 2. The van der Waals surface area contributed by atoms with Crippen LogP contribution in [0.5, 0.6) is 0 Å². The van der Waals surface area contributed by atoms with Crippen LogP contribution in [0.1, 0.15) is 10.4 Å². The molecule has 0 aliphatic heterocycles. The smallest absolute Gasteiger partial charge is 0.152 e. The van der Waals surface area contributed by atoms with Crippen molar-refractivity contribution in [1.82, 2.24) is 15.0 Å². The summed E-state index contributed by atoms with van der Waals surface area (Å²) in [4.78, 5) is 12.1. The molecule has 0 fully saturated rings. The lowest BCUT2D eigenvalue weighted by atomic mass is 10.2. The maximum absolute atomic E-state index is 10.7. The Labute approximate surface area is 85.1 Å². The van der Waals surface area contributed by atoms with Crippen molar-refractivity contribution in [3.8, 4) is 5.69 Å². The maximum atomic E-state index is 10.7. The summed E-state index contributed by atoms with van der Waals surface area (Å²) in [6.45, 7) is 0. The molecule has 0 bridgehead atoms. The molecule has 0 spiro atoms. The molecule has 70 valence electrons. The lowest BCUT2D eigenvalue weighted by Crippen LogP contribution is -2.03. The van der Waals surface area contributed by atoms with Crippen LogP contribution in [0.25, 0.3) is 5.69 Å². The summed E-state index contributed by atoms with van der Waals surface area (Å²) in [6.07, 6.45) is 3.78. The van der Waals surface area contributed by atoms with Crippen LogP contribution in [0.15, 0.2) is 30.6 Å². The normalized spacial score (nSPS) is 10.1. The molecule has 0 saturated carbocycles. The highest BCUT2D eigenvalue weighted by molar-refractivity contribution is 6.32. The van der Waals surface area contributed by atoms with E-state index in [9.17, 15) is 4.79 Å². The van der Waals surface area contributed by atoms with E-state index in [-0.39, 0.29) is 0 Å². The van der Waals surface area contributed by atoms with Crippen LogP contribution >= 0.6 is 11.6 Å². The van der Waals surface area contributed by atoms with Gasteiger partial charge in [0.05, 0.1) is 17.4 Å². The van der Waals surface area contributed by atoms with Crippen molar-refractivity contribution in [2.24, 2.45) is 0 Å². The Bertz CT molecular complexity index is 453. The molecule has 0 N–H and O–H groups in total. The van der Waals surface area contributed by atoms with E-state index in [2.05, 4.69) is 10.2 Å². The molecular formula is C9H6ClN3O. The molecule has 0 aliphatic carbocycles. The first-order valence-corrected chi connectivity index (χ1v) is 4.31. The third-order valence-corrected chi connectivity index (χ3v) is 2.07. The van der Waals surface area contributed by atoms with Crippen LogP contribution in [0.4, 0.5) is 0 Å². The molecule has 14 heavy (non-hydrogen) atoms. The Balaban J connectivity index is 2.67. The average molecular weight is 208 g/mol. The second kappa shape index (κ2) is 3.59. The van der Waals surface area contributed by atoms with Gasteiger partial charge in [0.2, 0.25) is 0 Å². The van der Waals surface area contributed by atoms with E-state index in [1.165, 1.54) is 17.2 Å². The number of halogens is 1. The Morgan fingerprint density at radius 3 is 2.64 bits per heavy atom. The van der Waals surface area contributed by atoms with Crippen molar-refractivity contribution in [2.45, 2.75) is 0 Å². The van der Waals surface area contributed by atoms with Crippen LogP contribution in [0.2, 0.25) is 5.02 Å². The van der Waals surface area contributed by atoms with Crippen LogP contribution in [0.3, 0.4) is 0 Å². The summed E-state index contributed by atoms with van der Waals surface area (Å²) in [5.74, 6) is 0. The zero-order chi connectivity index (χ0) is 9.97. The number of carbonyl (C=O) groups is 1. The van der Waals surface area contributed by atoms with Crippen molar-refractivity contribution in [2.75, 3.05) is 0 Å². The molecule has 5 heteroatoms. The summed E-state index contributed by atoms with van der Waals surface area (Å²) >= 11 is 5.94. The zero-order valence-corrected chi connectivity index (χ0v) is 7.85. The first kappa shape index (κ1) is 8.90. The molecule has 0 aliphatic rings. The topological polar surface area (TPSA) is 47.8 Å². The molecule has 4 nitrogen and oxygen atoms in total. The van der Waals surface area contributed by atoms with Crippen LogP contribution in [0, 0.1) is 0 Å². The number of nitrogens with zero attached hydrogens (tertiary/aromatic N) is 3. The monoisotopic (exact) mass is 207 g/mol. The van der Waals surface area contributed by atoms with Gasteiger partial charge in [0, 0.05) is 5.56 Å². The van der Waals surface area contributed by atoms with Crippen LogP contribution in [-0.2, 0) is 0 Å². The predicted octanol–water partition coefficient (Wildman–Crippen LogP) is 1.73. The summed E-state index contributed by atoms with van der Waals surface area (Å²) < 4.78 is 0. The minimum absolute atomic E-state index is 0.450. The minimum Gasteiger partial charge on any atom is -0.298 e. The largest absolute Gasteiger partial charge is 0.298 e. The molecule has 1 heterocycles. The van der Waals surface area contributed by atoms with Gasteiger partial charge in [-0.3, -0.25) is 4.79 Å². The molecule has 0 unspecified atom stereocenters. The number of hydrogen-bond acceptors (Lipinski definition) is 3. The fourth-order valence-corrected chi connectivity index (χ4v) is 1.43.